The Morgan fingerprint density at radius 1 is 1.12 bits per heavy atom. The number of para-hydroxylation sites is 1. The highest BCUT2D eigenvalue weighted by atomic mass is 16.3. The highest BCUT2D eigenvalue weighted by Crippen LogP contribution is 2.89. The van der Waals surface area contributed by atoms with Crippen LogP contribution in [0.15, 0.2) is 42.5 Å². The molecule has 1 amide bonds. The number of carbonyl (C=O) groups excluding carboxylic acids is 1. The van der Waals surface area contributed by atoms with Crippen molar-refractivity contribution in [3.05, 3.63) is 59.2 Å². The largest absolute Gasteiger partial charge is 0.508 e. The number of rotatable bonds is 5. The zero-order chi connectivity index (χ0) is 23.0. The van der Waals surface area contributed by atoms with Crippen molar-refractivity contribution in [2.45, 2.75) is 61.7 Å². The highest BCUT2D eigenvalue weighted by molar-refractivity contribution is 5.81. The number of fused-ring (bicyclic) bond motifs is 2. The summed E-state index contributed by atoms with van der Waals surface area (Å²) < 4.78 is 0. The maximum Gasteiger partial charge on any atom is 0.223 e. The number of phenolic OH excluding ortho intramolecular Hbond substituents is 2. The average Bonchev–Trinajstić information content (AvgIpc) is 3.68. The van der Waals surface area contributed by atoms with E-state index < -0.39 is 11.0 Å². The van der Waals surface area contributed by atoms with Gasteiger partial charge in [-0.3, -0.25) is 9.69 Å². The third kappa shape index (κ3) is 2.06. The van der Waals surface area contributed by atoms with Gasteiger partial charge in [0, 0.05) is 47.5 Å². The number of hydrogen-bond donors (Lipinski definition) is 4. The van der Waals surface area contributed by atoms with Crippen LogP contribution in [0.4, 0.5) is 0 Å². The Morgan fingerprint density at radius 2 is 1.94 bits per heavy atom. The molecule has 2 aromatic rings. The van der Waals surface area contributed by atoms with E-state index >= 15 is 0 Å². The lowest BCUT2D eigenvalue weighted by Crippen LogP contribution is -2.70. The summed E-state index contributed by atoms with van der Waals surface area (Å²) in [4.78, 5) is 16.0. The molecule has 4 N–H and O–H groups in total. The minimum Gasteiger partial charge on any atom is -0.508 e. The van der Waals surface area contributed by atoms with E-state index in [2.05, 4.69) is 10.2 Å². The van der Waals surface area contributed by atoms with Crippen LogP contribution in [0.2, 0.25) is 0 Å². The number of carbonyl (C=O) groups is 1. The smallest absolute Gasteiger partial charge is 0.223 e. The first-order chi connectivity index (χ1) is 16.4. The zero-order valence-corrected chi connectivity index (χ0v) is 19.1. The normalized spacial score (nSPS) is 42.4. The van der Waals surface area contributed by atoms with E-state index in [0.717, 1.165) is 24.4 Å². The molecular formula is C28H30N2O4. The molecule has 0 aromatic heterocycles. The molecule has 6 nitrogen and oxygen atoms in total. The van der Waals surface area contributed by atoms with Gasteiger partial charge in [0.05, 0.1) is 5.60 Å². The fourth-order valence-electron chi connectivity index (χ4n) is 9.33. The highest BCUT2D eigenvalue weighted by Gasteiger charge is 2.98. The molecule has 2 aromatic carbocycles. The number of aromatic hydroxyl groups is 2. The molecule has 2 spiro atoms. The predicted octanol–water partition coefficient (Wildman–Crippen LogP) is 2.44. The van der Waals surface area contributed by atoms with Crippen molar-refractivity contribution in [2.24, 2.45) is 23.2 Å². The first kappa shape index (κ1) is 19.7. The summed E-state index contributed by atoms with van der Waals surface area (Å²) in [6.45, 7) is 1.36. The lowest BCUT2D eigenvalue weighted by molar-refractivity contribution is -0.151. The van der Waals surface area contributed by atoms with Crippen molar-refractivity contribution in [3.63, 3.8) is 0 Å². The van der Waals surface area contributed by atoms with Gasteiger partial charge in [-0.1, -0.05) is 24.3 Å². The number of nitrogens with one attached hydrogen (secondary N) is 1. The third-order valence-corrected chi connectivity index (χ3v) is 10.5. The molecule has 2 bridgehead atoms. The Hall–Kier alpha value is -2.57. The Kier molecular flexibility index (Phi) is 3.46. The first-order valence-corrected chi connectivity index (χ1v) is 12.8. The fourth-order valence-corrected chi connectivity index (χ4v) is 9.33. The van der Waals surface area contributed by atoms with Crippen LogP contribution < -0.4 is 5.32 Å². The van der Waals surface area contributed by atoms with Crippen LogP contribution in [-0.4, -0.2) is 50.4 Å². The molecule has 4 saturated carbocycles. The van der Waals surface area contributed by atoms with Gasteiger partial charge in [0.25, 0.3) is 0 Å². The topological polar surface area (TPSA) is 93.0 Å². The van der Waals surface area contributed by atoms with E-state index in [4.69, 9.17) is 0 Å². The lowest BCUT2D eigenvalue weighted by atomic mass is 9.63. The van der Waals surface area contributed by atoms with Crippen LogP contribution in [0.1, 0.15) is 42.4 Å². The van der Waals surface area contributed by atoms with E-state index in [-0.39, 0.29) is 41.3 Å². The predicted molar refractivity (Wildman–Crippen MR) is 124 cm³/mol. The minimum atomic E-state index is -0.947. The van der Waals surface area contributed by atoms with Crippen molar-refractivity contribution in [1.29, 1.82) is 0 Å². The second-order valence-electron chi connectivity index (χ2n) is 11.9. The Bertz CT molecular complexity index is 1260. The molecule has 5 fully saturated rings. The van der Waals surface area contributed by atoms with Gasteiger partial charge in [-0.2, -0.15) is 0 Å². The van der Waals surface area contributed by atoms with Gasteiger partial charge < -0.3 is 20.6 Å². The van der Waals surface area contributed by atoms with E-state index in [1.165, 1.54) is 18.4 Å². The molecule has 176 valence electrons. The van der Waals surface area contributed by atoms with Crippen LogP contribution in [0.3, 0.4) is 0 Å². The molecule has 6 heteroatoms. The van der Waals surface area contributed by atoms with Crippen LogP contribution in [0.25, 0.3) is 0 Å². The van der Waals surface area contributed by atoms with Gasteiger partial charge in [0.1, 0.15) is 11.5 Å². The Morgan fingerprint density at radius 3 is 2.74 bits per heavy atom. The van der Waals surface area contributed by atoms with Crippen LogP contribution in [-0.2, 0) is 23.2 Å². The zero-order valence-electron chi connectivity index (χ0n) is 19.1. The fraction of sp³-hybridized carbons (Fsp3) is 0.536. The number of nitrogens with zero attached hydrogens (tertiary/aromatic N) is 1. The molecular weight excluding hydrogens is 428 g/mol. The Balaban J connectivity index is 1.15. The van der Waals surface area contributed by atoms with Gasteiger partial charge in [-0.25, -0.2) is 0 Å². The summed E-state index contributed by atoms with van der Waals surface area (Å²) in [7, 11) is 0. The van der Waals surface area contributed by atoms with E-state index in [0.29, 0.717) is 30.4 Å². The summed E-state index contributed by atoms with van der Waals surface area (Å²) in [5.41, 5.74) is 1.78. The molecule has 1 heterocycles. The molecule has 5 aliphatic carbocycles. The van der Waals surface area contributed by atoms with Gasteiger partial charge >= 0.3 is 0 Å². The molecule has 1 saturated heterocycles. The van der Waals surface area contributed by atoms with E-state index in [9.17, 15) is 20.1 Å². The molecule has 3 unspecified atom stereocenters. The number of aliphatic hydroxyl groups is 1. The summed E-state index contributed by atoms with van der Waals surface area (Å²) in [5.74, 6) is 1.23. The summed E-state index contributed by atoms with van der Waals surface area (Å²) in [5, 5.41) is 36.0. The molecule has 34 heavy (non-hydrogen) atoms. The number of hydrogen-bond acceptors (Lipinski definition) is 5. The van der Waals surface area contributed by atoms with Gasteiger partial charge in [-0.15, -0.1) is 0 Å². The second-order valence-corrected chi connectivity index (χ2v) is 11.9. The van der Waals surface area contributed by atoms with Crippen molar-refractivity contribution >= 4 is 5.91 Å². The van der Waals surface area contributed by atoms with Crippen molar-refractivity contribution in [2.75, 3.05) is 6.54 Å². The summed E-state index contributed by atoms with van der Waals surface area (Å²) in [6, 6.07) is 13.4. The number of benzene rings is 2. The number of amides is 1. The molecule has 8 rings (SSSR count). The molecule has 0 radical (unpaired) electrons. The molecule has 7 atom stereocenters. The quantitative estimate of drug-likeness (QED) is 0.552. The Labute approximate surface area is 198 Å². The van der Waals surface area contributed by atoms with Gasteiger partial charge in [0.2, 0.25) is 5.91 Å². The monoisotopic (exact) mass is 458 g/mol. The number of phenols is 2. The minimum absolute atomic E-state index is 0.0510. The van der Waals surface area contributed by atoms with Crippen molar-refractivity contribution in [3.8, 4) is 11.5 Å². The van der Waals surface area contributed by atoms with Crippen molar-refractivity contribution in [1.82, 2.24) is 10.2 Å². The van der Waals surface area contributed by atoms with Crippen LogP contribution >= 0.6 is 0 Å². The molecule has 1 aliphatic heterocycles. The van der Waals surface area contributed by atoms with Gasteiger partial charge in [-0.05, 0) is 73.3 Å². The SMILES string of the molecule is O=C(NCc1ccccc1O)[C@H]1C[C@@]2(O)[C@@H]3N(CC4CC4)C4C5C43Cc3ccc(O)cc3[C@]52C1. The maximum atomic E-state index is 13.4. The molecule has 6 aliphatic rings. The van der Waals surface area contributed by atoms with Gasteiger partial charge in [0.15, 0.2) is 0 Å². The average molecular weight is 459 g/mol. The van der Waals surface area contributed by atoms with E-state index in [1.807, 2.05) is 24.3 Å². The van der Waals surface area contributed by atoms with Crippen LogP contribution in [0, 0.1) is 23.2 Å². The summed E-state index contributed by atoms with van der Waals surface area (Å²) in [6.07, 6.45) is 4.66. The standard InChI is InChI=1S/C28H30N2O4/c31-19-8-7-16-10-26-22-23(26)30(14-15-5-6-15)25(26)28(34)12-18(11-27(22,28)20(16)9-19)24(33)29-13-17-3-1-2-4-21(17)32/h1-4,7-9,15,18,22-23,25,31-32,34H,5-6,10-14H2,(H,29,33)/t18-,22?,23?,25-,26?,27-,28-/m1/s1. The van der Waals surface area contributed by atoms with Crippen LogP contribution in [0.5, 0.6) is 11.5 Å². The number of piperidine rings is 1. The van der Waals surface area contributed by atoms with E-state index in [1.54, 1.807) is 18.2 Å². The second kappa shape index (κ2) is 5.97. The number of likely N-dealkylation sites (tertiary alicyclic amines) is 1. The van der Waals surface area contributed by atoms with Crippen molar-refractivity contribution < 1.29 is 20.1 Å². The first-order valence-electron chi connectivity index (χ1n) is 12.8. The summed E-state index contributed by atoms with van der Waals surface area (Å²) >= 11 is 0. The maximum absolute atomic E-state index is 13.4. The third-order valence-electron chi connectivity index (χ3n) is 10.5. The lowest BCUT2D eigenvalue weighted by Gasteiger charge is -2.56.